The van der Waals surface area contributed by atoms with Gasteiger partial charge in [0.15, 0.2) is 0 Å². The molecule has 16 heavy (non-hydrogen) atoms. The molecule has 0 radical (unpaired) electrons. The molecule has 0 aromatic heterocycles. The number of nitrogens with one attached hydrogen (secondary N) is 1. The number of hydrogen-bond donors (Lipinski definition) is 1. The van der Waals surface area contributed by atoms with Crippen LogP contribution < -0.4 is 10.2 Å². The topological polar surface area (TPSA) is 15.3 Å². The maximum atomic E-state index is 3.24. The van der Waals surface area contributed by atoms with Crippen LogP contribution in [0, 0.1) is 6.92 Å². The van der Waals surface area contributed by atoms with Gasteiger partial charge in [-0.05, 0) is 51.4 Å². The molecule has 0 bridgehead atoms. The summed E-state index contributed by atoms with van der Waals surface area (Å²) in [6.07, 6.45) is 3.75. The molecular weight excluding hydrogens is 196 g/mol. The Morgan fingerprint density at radius 2 is 2.25 bits per heavy atom. The largest absolute Gasteiger partial charge is 0.371 e. The SMILES string of the molecule is CNCCC1CCc2cc(C)ccc2N1C. The summed E-state index contributed by atoms with van der Waals surface area (Å²) >= 11 is 0. The fraction of sp³-hybridized carbons (Fsp3) is 0.571. The molecule has 1 aromatic rings. The summed E-state index contributed by atoms with van der Waals surface area (Å²) in [6.45, 7) is 3.28. The number of hydrogen-bond acceptors (Lipinski definition) is 2. The Morgan fingerprint density at radius 1 is 1.44 bits per heavy atom. The van der Waals surface area contributed by atoms with E-state index in [2.05, 4.69) is 42.4 Å². The first-order valence-electron chi connectivity index (χ1n) is 6.19. The highest BCUT2D eigenvalue weighted by molar-refractivity contribution is 5.57. The first-order valence-corrected chi connectivity index (χ1v) is 6.19. The van der Waals surface area contributed by atoms with E-state index in [9.17, 15) is 0 Å². The van der Waals surface area contributed by atoms with Gasteiger partial charge >= 0.3 is 0 Å². The molecule has 0 aliphatic carbocycles. The molecule has 1 aliphatic rings. The Labute approximate surface area is 98.7 Å². The van der Waals surface area contributed by atoms with Gasteiger partial charge in [-0.3, -0.25) is 0 Å². The van der Waals surface area contributed by atoms with Crippen LogP contribution in [0.25, 0.3) is 0 Å². The van der Waals surface area contributed by atoms with E-state index in [0.717, 1.165) is 6.54 Å². The second-order valence-electron chi connectivity index (χ2n) is 4.83. The quantitative estimate of drug-likeness (QED) is 0.838. The molecule has 1 atom stereocenters. The number of rotatable bonds is 3. The van der Waals surface area contributed by atoms with Gasteiger partial charge in [0.25, 0.3) is 0 Å². The summed E-state index contributed by atoms with van der Waals surface area (Å²) in [7, 11) is 4.26. The van der Waals surface area contributed by atoms with E-state index in [1.165, 1.54) is 36.1 Å². The van der Waals surface area contributed by atoms with Gasteiger partial charge in [-0.1, -0.05) is 17.7 Å². The number of nitrogens with zero attached hydrogens (tertiary/aromatic N) is 1. The van der Waals surface area contributed by atoms with Gasteiger partial charge in [0.1, 0.15) is 0 Å². The van der Waals surface area contributed by atoms with Gasteiger partial charge in [0.05, 0.1) is 0 Å². The lowest BCUT2D eigenvalue weighted by Crippen LogP contribution is -2.37. The van der Waals surface area contributed by atoms with Crippen LogP contribution in [-0.2, 0) is 6.42 Å². The minimum absolute atomic E-state index is 0.697. The van der Waals surface area contributed by atoms with E-state index >= 15 is 0 Å². The number of fused-ring (bicyclic) bond motifs is 1. The van der Waals surface area contributed by atoms with Gasteiger partial charge in [0.2, 0.25) is 0 Å². The third kappa shape index (κ3) is 2.22. The van der Waals surface area contributed by atoms with Crippen molar-refractivity contribution in [1.29, 1.82) is 0 Å². The highest BCUT2D eigenvalue weighted by Gasteiger charge is 2.22. The maximum Gasteiger partial charge on any atom is 0.0398 e. The number of anilines is 1. The highest BCUT2D eigenvalue weighted by atomic mass is 15.1. The standard InChI is InChI=1S/C14H22N2/c1-11-4-7-14-12(10-11)5-6-13(16(14)3)8-9-15-2/h4,7,10,13,15H,5-6,8-9H2,1-3H3. The summed E-state index contributed by atoms with van der Waals surface area (Å²) in [5.41, 5.74) is 4.32. The Morgan fingerprint density at radius 3 is 3.00 bits per heavy atom. The van der Waals surface area contributed by atoms with Crippen LogP contribution in [0.5, 0.6) is 0 Å². The van der Waals surface area contributed by atoms with Crippen LogP contribution in [0.2, 0.25) is 0 Å². The van der Waals surface area contributed by atoms with Crippen molar-refractivity contribution < 1.29 is 0 Å². The molecule has 2 rings (SSSR count). The molecule has 0 amide bonds. The van der Waals surface area contributed by atoms with E-state index in [-0.39, 0.29) is 0 Å². The minimum Gasteiger partial charge on any atom is -0.371 e. The third-order valence-corrected chi connectivity index (χ3v) is 3.64. The Kier molecular flexibility index (Phi) is 3.49. The second-order valence-corrected chi connectivity index (χ2v) is 4.83. The van der Waals surface area contributed by atoms with E-state index in [1.807, 2.05) is 7.05 Å². The summed E-state index contributed by atoms with van der Waals surface area (Å²) in [5.74, 6) is 0. The average Bonchev–Trinajstić information content (AvgIpc) is 2.28. The smallest absolute Gasteiger partial charge is 0.0398 e. The predicted octanol–water partition coefficient (Wildman–Crippen LogP) is 2.36. The van der Waals surface area contributed by atoms with Crippen LogP contribution >= 0.6 is 0 Å². The zero-order valence-electron chi connectivity index (χ0n) is 10.6. The van der Waals surface area contributed by atoms with Gasteiger partial charge in [-0.25, -0.2) is 0 Å². The van der Waals surface area contributed by atoms with Crippen molar-refractivity contribution in [1.82, 2.24) is 5.32 Å². The molecule has 0 saturated heterocycles. The zero-order chi connectivity index (χ0) is 11.5. The molecule has 1 aromatic carbocycles. The lowest BCUT2D eigenvalue weighted by Gasteiger charge is -2.36. The van der Waals surface area contributed by atoms with Crippen molar-refractivity contribution in [2.45, 2.75) is 32.2 Å². The molecular formula is C14H22N2. The van der Waals surface area contributed by atoms with Crippen LogP contribution in [0.4, 0.5) is 5.69 Å². The first kappa shape index (κ1) is 11.5. The van der Waals surface area contributed by atoms with E-state index in [4.69, 9.17) is 0 Å². The molecule has 0 spiro atoms. The van der Waals surface area contributed by atoms with Gasteiger partial charge in [0, 0.05) is 18.8 Å². The van der Waals surface area contributed by atoms with Crippen LogP contribution in [0.3, 0.4) is 0 Å². The van der Waals surface area contributed by atoms with Crippen LogP contribution in [0.15, 0.2) is 18.2 Å². The van der Waals surface area contributed by atoms with Crippen molar-refractivity contribution in [2.75, 3.05) is 25.5 Å². The minimum atomic E-state index is 0.697. The van der Waals surface area contributed by atoms with Crippen molar-refractivity contribution in [2.24, 2.45) is 0 Å². The molecule has 88 valence electrons. The molecule has 1 N–H and O–H groups in total. The van der Waals surface area contributed by atoms with Crippen molar-refractivity contribution >= 4 is 5.69 Å². The average molecular weight is 218 g/mol. The molecule has 1 unspecified atom stereocenters. The van der Waals surface area contributed by atoms with Gasteiger partial charge < -0.3 is 10.2 Å². The number of benzene rings is 1. The van der Waals surface area contributed by atoms with Crippen molar-refractivity contribution in [3.63, 3.8) is 0 Å². The van der Waals surface area contributed by atoms with Crippen molar-refractivity contribution in [3.05, 3.63) is 29.3 Å². The summed E-state index contributed by atoms with van der Waals surface area (Å²) in [4.78, 5) is 2.45. The van der Waals surface area contributed by atoms with E-state index < -0.39 is 0 Å². The first-order chi connectivity index (χ1) is 7.72. The van der Waals surface area contributed by atoms with Crippen LogP contribution in [0.1, 0.15) is 24.0 Å². The van der Waals surface area contributed by atoms with Gasteiger partial charge in [-0.15, -0.1) is 0 Å². The maximum absolute atomic E-state index is 3.24. The fourth-order valence-corrected chi connectivity index (χ4v) is 2.62. The molecule has 2 nitrogen and oxygen atoms in total. The highest BCUT2D eigenvalue weighted by Crippen LogP contribution is 2.31. The Hall–Kier alpha value is -1.02. The van der Waals surface area contributed by atoms with Crippen molar-refractivity contribution in [3.8, 4) is 0 Å². The van der Waals surface area contributed by atoms with Crippen LogP contribution in [-0.4, -0.2) is 26.7 Å². The molecule has 0 fully saturated rings. The van der Waals surface area contributed by atoms with E-state index in [0.29, 0.717) is 6.04 Å². The predicted molar refractivity (Wildman–Crippen MR) is 70.2 cm³/mol. The third-order valence-electron chi connectivity index (χ3n) is 3.64. The lowest BCUT2D eigenvalue weighted by molar-refractivity contribution is 0.510. The Balaban J connectivity index is 2.15. The lowest BCUT2D eigenvalue weighted by atomic mass is 9.93. The molecule has 2 heteroatoms. The molecule has 1 heterocycles. The fourth-order valence-electron chi connectivity index (χ4n) is 2.62. The summed E-state index contributed by atoms with van der Waals surface area (Å²) < 4.78 is 0. The monoisotopic (exact) mass is 218 g/mol. The number of aryl methyl sites for hydroxylation is 2. The normalized spacial score (nSPS) is 19.7. The summed E-state index contributed by atoms with van der Waals surface area (Å²) in [5, 5.41) is 3.24. The Bertz CT molecular complexity index is 360. The summed E-state index contributed by atoms with van der Waals surface area (Å²) in [6, 6.07) is 7.52. The zero-order valence-corrected chi connectivity index (χ0v) is 10.6. The van der Waals surface area contributed by atoms with E-state index in [1.54, 1.807) is 0 Å². The molecule has 0 saturated carbocycles. The van der Waals surface area contributed by atoms with Gasteiger partial charge in [-0.2, -0.15) is 0 Å². The second kappa shape index (κ2) is 4.88. The molecule has 1 aliphatic heterocycles.